The Morgan fingerprint density at radius 1 is 0.783 bits per heavy atom. The SMILES string of the molecule is C1CCCC1.COC(=O)NCC(=O)NCCCCc1ncc(-c2ccc3cc(-c4ccc5[nH]c(C6CCCN6C(=O)C(NC(=O)OC)C6CCCC6)nc5n4)ccc3c2)[nH]1. The van der Waals surface area contributed by atoms with Crippen LogP contribution in [0.25, 0.3) is 44.5 Å². The van der Waals surface area contributed by atoms with Crippen molar-refractivity contribution in [2.45, 2.75) is 102 Å². The van der Waals surface area contributed by atoms with Gasteiger partial charge in [0.1, 0.15) is 17.7 Å². The Bertz CT molecular complexity index is 2250. The van der Waals surface area contributed by atoms with Crippen LogP contribution < -0.4 is 16.0 Å². The molecule has 2 aliphatic carbocycles. The molecule has 8 rings (SSSR count). The molecule has 2 unspecified atom stereocenters. The molecule has 2 saturated carbocycles. The number of alkyl carbamates (subject to hydrolysis) is 2. The van der Waals surface area contributed by atoms with E-state index in [0.29, 0.717) is 24.6 Å². The van der Waals surface area contributed by atoms with Gasteiger partial charge in [0, 0.05) is 30.6 Å². The maximum absolute atomic E-state index is 13.9. The minimum Gasteiger partial charge on any atom is -0.453 e. The highest BCUT2D eigenvalue weighted by molar-refractivity contribution is 5.91. The molecule has 0 spiro atoms. The third kappa shape index (κ3) is 10.6. The monoisotopic (exact) mass is 819 g/mol. The summed E-state index contributed by atoms with van der Waals surface area (Å²) in [7, 11) is 2.57. The van der Waals surface area contributed by atoms with Crippen molar-refractivity contribution >= 4 is 45.9 Å². The van der Waals surface area contributed by atoms with Crippen molar-refractivity contribution in [3.63, 3.8) is 0 Å². The average molecular weight is 820 g/mol. The molecule has 5 N–H and O–H groups in total. The fourth-order valence-corrected chi connectivity index (χ4v) is 8.61. The summed E-state index contributed by atoms with van der Waals surface area (Å²) in [6, 6.07) is 15.7. The maximum Gasteiger partial charge on any atom is 0.407 e. The first-order valence-electron chi connectivity index (χ1n) is 21.5. The predicted molar refractivity (Wildman–Crippen MR) is 229 cm³/mol. The van der Waals surface area contributed by atoms with Crippen molar-refractivity contribution in [2.24, 2.45) is 5.92 Å². The predicted octanol–water partition coefficient (Wildman–Crippen LogP) is 7.49. The second-order valence-corrected chi connectivity index (χ2v) is 16.0. The molecule has 5 aromatic rings. The number of aryl methyl sites for hydroxylation is 1. The van der Waals surface area contributed by atoms with Gasteiger partial charge in [0.2, 0.25) is 11.8 Å². The zero-order valence-corrected chi connectivity index (χ0v) is 34.7. The minimum atomic E-state index is -0.638. The van der Waals surface area contributed by atoms with Crippen molar-refractivity contribution in [1.82, 2.24) is 45.8 Å². The largest absolute Gasteiger partial charge is 0.453 e. The first-order valence-corrected chi connectivity index (χ1v) is 21.5. The van der Waals surface area contributed by atoms with Gasteiger partial charge in [-0.15, -0.1) is 0 Å². The van der Waals surface area contributed by atoms with Crippen LogP contribution in [0, 0.1) is 5.92 Å². The van der Waals surface area contributed by atoms with E-state index < -0.39 is 18.2 Å². The third-order valence-electron chi connectivity index (χ3n) is 11.9. The van der Waals surface area contributed by atoms with Gasteiger partial charge < -0.3 is 40.3 Å². The van der Waals surface area contributed by atoms with Crippen LogP contribution in [-0.2, 0) is 25.5 Å². The fraction of sp³-hybridized carbons (Fsp3) is 0.489. The number of unbranched alkanes of at least 4 members (excludes halogenated alkanes) is 1. The van der Waals surface area contributed by atoms with E-state index in [1.807, 2.05) is 23.2 Å². The average Bonchev–Trinajstić information content (AvgIpc) is 4.14. The molecule has 1 aliphatic heterocycles. The van der Waals surface area contributed by atoms with E-state index in [4.69, 9.17) is 14.7 Å². The van der Waals surface area contributed by atoms with Gasteiger partial charge in [0.25, 0.3) is 0 Å². The molecule has 4 amide bonds. The van der Waals surface area contributed by atoms with Crippen LogP contribution >= 0.6 is 0 Å². The summed E-state index contributed by atoms with van der Waals surface area (Å²) in [4.78, 5) is 72.1. The molecule has 3 aromatic heterocycles. The van der Waals surface area contributed by atoms with E-state index >= 15 is 0 Å². The van der Waals surface area contributed by atoms with Crippen LogP contribution in [0.2, 0.25) is 0 Å². The molecule has 4 heterocycles. The number of aromatic nitrogens is 5. The van der Waals surface area contributed by atoms with Crippen LogP contribution in [0.15, 0.2) is 54.7 Å². The number of nitrogens with zero attached hydrogens (tertiary/aromatic N) is 4. The van der Waals surface area contributed by atoms with Gasteiger partial charge in [0.05, 0.1) is 49.9 Å². The lowest BCUT2D eigenvalue weighted by atomic mass is 9.96. The highest BCUT2D eigenvalue weighted by Crippen LogP contribution is 2.36. The second kappa shape index (κ2) is 20.3. The lowest BCUT2D eigenvalue weighted by molar-refractivity contribution is -0.135. The third-order valence-corrected chi connectivity index (χ3v) is 11.9. The quantitative estimate of drug-likeness (QED) is 0.0748. The Kier molecular flexibility index (Phi) is 14.3. The van der Waals surface area contributed by atoms with E-state index in [0.717, 1.165) is 102 Å². The Morgan fingerprint density at radius 2 is 1.50 bits per heavy atom. The number of amides is 4. The number of ether oxygens (including phenoxy) is 2. The highest BCUT2D eigenvalue weighted by atomic mass is 16.5. The summed E-state index contributed by atoms with van der Waals surface area (Å²) in [5, 5.41) is 10.1. The number of methoxy groups -OCH3 is 2. The summed E-state index contributed by atoms with van der Waals surface area (Å²) in [6.45, 7) is 0.996. The second-order valence-electron chi connectivity index (χ2n) is 16.0. The van der Waals surface area contributed by atoms with Crippen LogP contribution in [0.5, 0.6) is 0 Å². The van der Waals surface area contributed by atoms with Crippen molar-refractivity contribution < 1.29 is 28.7 Å². The van der Waals surface area contributed by atoms with Gasteiger partial charge >= 0.3 is 12.2 Å². The van der Waals surface area contributed by atoms with Crippen molar-refractivity contribution in [3.05, 3.63) is 66.4 Å². The minimum absolute atomic E-state index is 0.0788. The van der Waals surface area contributed by atoms with Gasteiger partial charge in [-0.3, -0.25) is 9.59 Å². The maximum atomic E-state index is 13.9. The van der Waals surface area contributed by atoms with Gasteiger partial charge in [-0.05, 0) is 79.5 Å². The smallest absolute Gasteiger partial charge is 0.407 e. The Morgan fingerprint density at radius 3 is 2.23 bits per heavy atom. The number of hydrogen-bond donors (Lipinski definition) is 5. The fourth-order valence-electron chi connectivity index (χ4n) is 8.61. The van der Waals surface area contributed by atoms with E-state index in [9.17, 15) is 19.2 Å². The molecule has 0 bridgehead atoms. The molecule has 0 radical (unpaired) electrons. The Balaban J connectivity index is 0.00000101. The molecule has 3 fully saturated rings. The van der Waals surface area contributed by atoms with Gasteiger partial charge in [-0.1, -0.05) is 69.2 Å². The number of carbonyl (C=O) groups excluding carboxylic acids is 4. The highest BCUT2D eigenvalue weighted by Gasteiger charge is 2.40. The van der Waals surface area contributed by atoms with Crippen molar-refractivity contribution in [2.75, 3.05) is 33.9 Å². The first kappa shape index (κ1) is 42.1. The van der Waals surface area contributed by atoms with E-state index in [2.05, 4.69) is 72.0 Å². The van der Waals surface area contributed by atoms with Crippen molar-refractivity contribution in [1.29, 1.82) is 0 Å². The van der Waals surface area contributed by atoms with E-state index in [1.165, 1.54) is 46.3 Å². The molecule has 2 aromatic carbocycles. The summed E-state index contributed by atoms with van der Waals surface area (Å²) < 4.78 is 9.32. The number of imidazole rings is 2. The standard InChI is InChI=1S/C40H47N9O6.C5H10/c1-54-39(52)43-23-34(50)41-18-6-5-11-33-42-22-31(44-33)28-15-13-25-20-27(14-12-26(25)21-28)29-16-17-30-36(45-29)48-37(46-30)32-10-7-19-49(32)38(51)35(47-40(53)55-2)24-8-3-4-9-24;1-2-4-5-3-1/h12-17,20-22,24,32,35H,3-11,18-19,23H2,1-2H3,(H,41,50)(H,42,44)(H,43,52)(H,47,53)(H,45,46,48);1-5H2. The molecule has 3 aliphatic rings. The van der Waals surface area contributed by atoms with Crippen LogP contribution in [-0.4, -0.2) is 93.7 Å². The van der Waals surface area contributed by atoms with Gasteiger partial charge in [-0.2, -0.15) is 0 Å². The number of H-pyrrole nitrogens is 2. The molecule has 2 atom stereocenters. The van der Waals surface area contributed by atoms with Crippen LogP contribution in [0.1, 0.15) is 101 Å². The normalized spacial score (nSPS) is 17.0. The topological polar surface area (TPSA) is 196 Å². The molecule has 15 nitrogen and oxygen atoms in total. The Labute approximate surface area is 350 Å². The molecular formula is C45H57N9O6. The van der Waals surface area contributed by atoms with Crippen molar-refractivity contribution in [3.8, 4) is 22.5 Å². The number of pyridine rings is 1. The number of hydrogen-bond acceptors (Lipinski definition) is 9. The summed E-state index contributed by atoms with van der Waals surface area (Å²) in [5.41, 5.74) is 5.13. The molecule has 15 heteroatoms. The summed E-state index contributed by atoms with van der Waals surface area (Å²) >= 11 is 0. The summed E-state index contributed by atoms with van der Waals surface area (Å²) in [5.74, 6) is 1.34. The molecule has 1 saturated heterocycles. The number of carbonyl (C=O) groups is 4. The van der Waals surface area contributed by atoms with Crippen LogP contribution in [0.4, 0.5) is 9.59 Å². The Hall–Kier alpha value is -5.99. The number of likely N-dealkylation sites (tertiary alicyclic amines) is 1. The number of benzene rings is 2. The molecule has 60 heavy (non-hydrogen) atoms. The first-order chi connectivity index (χ1) is 29.3. The zero-order chi connectivity index (χ0) is 41.8. The zero-order valence-electron chi connectivity index (χ0n) is 34.7. The van der Waals surface area contributed by atoms with E-state index in [-0.39, 0.29) is 30.3 Å². The van der Waals surface area contributed by atoms with E-state index in [1.54, 1.807) is 0 Å². The van der Waals surface area contributed by atoms with Crippen LogP contribution in [0.3, 0.4) is 0 Å². The lowest BCUT2D eigenvalue weighted by Gasteiger charge is -2.31. The lowest BCUT2D eigenvalue weighted by Crippen LogP contribution is -2.51. The van der Waals surface area contributed by atoms with Gasteiger partial charge in [-0.25, -0.2) is 24.5 Å². The number of rotatable bonds is 13. The number of aromatic amines is 2. The number of fused-ring (bicyclic) bond motifs is 2. The molecular weight excluding hydrogens is 763 g/mol. The number of nitrogens with one attached hydrogen (secondary N) is 5. The summed E-state index contributed by atoms with van der Waals surface area (Å²) in [6.07, 6.45) is 16.0. The van der Waals surface area contributed by atoms with Gasteiger partial charge in [0.15, 0.2) is 5.65 Å². The molecule has 318 valence electrons.